The van der Waals surface area contributed by atoms with Gasteiger partial charge in [-0.3, -0.25) is 4.68 Å². The molecule has 2 N–H and O–H groups in total. The minimum absolute atomic E-state index is 0.522. The molecule has 0 saturated heterocycles. The van der Waals surface area contributed by atoms with E-state index < -0.39 is 6.10 Å². The topological polar surface area (TPSA) is 72.2 Å². The van der Waals surface area contributed by atoms with Gasteiger partial charge in [0.1, 0.15) is 6.10 Å². The van der Waals surface area contributed by atoms with Gasteiger partial charge in [-0.1, -0.05) is 11.1 Å². The van der Waals surface area contributed by atoms with Gasteiger partial charge >= 0.3 is 0 Å². The molecule has 6 nitrogen and oxygen atoms in total. The van der Waals surface area contributed by atoms with Crippen LogP contribution in [0.25, 0.3) is 0 Å². The third-order valence-corrected chi connectivity index (χ3v) is 2.48. The Labute approximate surface area is 114 Å². The maximum Gasteiger partial charge on any atom is 0.127 e. The molecule has 0 bridgehead atoms. The van der Waals surface area contributed by atoms with Crippen LogP contribution in [0.2, 0.25) is 0 Å². The molecule has 1 rings (SSSR count). The van der Waals surface area contributed by atoms with Gasteiger partial charge in [-0.05, 0) is 26.3 Å². The number of ether oxygens (including phenoxy) is 1. The van der Waals surface area contributed by atoms with E-state index in [2.05, 4.69) is 27.5 Å². The number of aliphatic hydroxyl groups excluding tert-OH is 1. The Hall–Kier alpha value is -1.42. The molecule has 6 heteroatoms. The molecule has 1 atom stereocenters. The Morgan fingerprint density at radius 2 is 2.32 bits per heavy atom. The molecule has 0 fully saturated rings. The highest BCUT2D eigenvalue weighted by Gasteiger charge is 1.97. The molecular formula is C13H22N4O2. The summed E-state index contributed by atoms with van der Waals surface area (Å²) < 4.78 is 7.23. The lowest BCUT2D eigenvalue weighted by atomic mass is 10.3. The summed E-state index contributed by atoms with van der Waals surface area (Å²) in [6, 6.07) is 0. The Morgan fingerprint density at radius 3 is 3.05 bits per heavy atom. The van der Waals surface area contributed by atoms with E-state index in [1.54, 1.807) is 17.8 Å². The summed E-state index contributed by atoms with van der Waals surface area (Å²) in [6.45, 7) is 5.25. The van der Waals surface area contributed by atoms with E-state index in [0.29, 0.717) is 13.2 Å². The number of unbranched alkanes of at least 4 members (excludes halogenated alkanes) is 1. The van der Waals surface area contributed by atoms with Crippen LogP contribution >= 0.6 is 0 Å². The lowest BCUT2D eigenvalue weighted by Gasteiger charge is -2.07. The van der Waals surface area contributed by atoms with Crippen LogP contribution in [0.5, 0.6) is 0 Å². The fourth-order valence-corrected chi connectivity index (χ4v) is 1.52. The minimum atomic E-state index is -0.566. The summed E-state index contributed by atoms with van der Waals surface area (Å²) in [4.78, 5) is 0. The van der Waals surface area contributed by atoms with E-state index in [4.69, 9.17) is 4.74 Å². The second-order valence-electron chi connectivity index (χ2n) is 4.10. The van der Waals surface area contributed by atoms with Gasteiger partial charge in [-0.25, -0.2) is 0 Å². The van der Waals surface area contributed by atoms with Crippen LogP contribution in [0, 0.1) is 11.8 Å². The van der Waals surface area contributed by atoms with Crippen LogP contribution in [-0.2, 0) is 11.3 Å². The lowest BCUT2D eigenvalue weighted by Crippen LogP contribution is -2.26. The smallest absolute Gasteiger partial charge is 0.127 e. The zero-order chi connectivity index (χ0) is 13.8. The average molecular weight is 266 g/mol. The molecule has 0 aliphatic heterocycles. The number of nitrogens with one attached hydrogen (secondary N) is 1. The first-order chi connectivity index (χ1) is 9.33. The molecule has 0 saturated carbocycles. The molecule has 0 aliphatic rings. The Morgan fingerprint density at radius 1 is 1.42 bits per heavy atom. The second-order valence-corrected chi connectivity index (χ2v) is 4.10. The van der Waals surface area contributed by atoms with Crippen molar-refractivity contribution in [3.8, 4) is 11.8 Å². The SMILES string of the molecule is CC#CC(O)CNCCCCOCCn1ccnn1. The third kappa shape index (κ3) is 8.32. The number of aromatic nitrogens is 3. The molecule has 1 heterocycles. The van der Waals surface area contributed by atoms with Crippen LogP contribution in [0.1, 0.15) is 19.8 Å². The number of aliphatic hydroxyl groups is 1. The van der Waals surface area contributed by atoms with Crippen molar-refractivity contribution < 1.29 is 9.84 Å². The third-order valence-electron chi connectivity index (χ3n) is 2.48. The van der Waals surface area contributed by atoms with Crippen molar-refractivity contribution >= 4 is 0 Å². The Kier molecular flexibility index (Phi) is 8.64. The molecular weight excluding hydrogens is 244 g/mol. The molecule has 0 amide bonds. The van der Waals surface area contributed by atoms with Crippen LogP contribution in [0.4, 0.5) is 0 Å². The van der Waals surface area contributed by atoms with Gasteiger partial charge in [0.15, 0.2) is 0 Å². The monoisotopic (exact) mass is 266 g/mol. The van der Waals surface area contributed by atoms with E-state index in [0.717, 1.165) is 32.5 Å². The normalized spacial score (nSPS) is 11.9. The minimum Gasteiger partial charge on any atom is -0.380 e. The first-order valence-corrected chi connectivity index (χ1v) is 6.56. The molecule has 1 unspecified atom stereocenters. The van der Waals surface area contributed by atoms with Crippen molar-refractivity contribution in [1.29, 1.82) is 0 Å². The van der Waals surface area contributed by atoms with Crippen molar-refractivity contribution in [1.82, 2.24) is 20.3 Å². The molecule has 0 radical (unpaired) electrons. The van der Waals surface area contributed by atoms with Crippen molar-refractivity contribution in [3.63, 3.8) is 0 Å². The van der Waals surface area contributed by atoms with Gasteiger partial charge in [-0.15, -0.1) is 11.0 Å². The molecule has 106 valence electrons. The van der Waals surface area contributed by atoms with E-state index >= 15 is 0 Å². The number of rotatable bonds is 10. The number of hydrogen-bond donors (Lipinski definition) is 2. The van der Waals surface area contributed by atoms with Gasteiger partial charge < -0.3 is 15.2 Å². The van der Waals surface area contributed by atoms with E-state index in [1.165, 1.54) is 0 Å². The summed E-state index contributed by atoms with van der Waals surface area (Å²) in [6.07, 6.45) is 4.93. The van der Waals surface area contributed by atoms with Crippen LogP contribution in [-0.4, -0.2) is 52.5 Å². The fourth-order valence-electron chi connectivity index (χ4n) is 1.52. The summed E-state index contributed by atoms with van der Waals surface area (Å²) in [5, 5.41) is 20.1. The van der Waals surface area contributed by atoms with Crippen molar-refractivity contribution in [2.75, 3.05) is 26.3 Å². The first-order valence-electron chi connectivity index (χ1n) is 6.56. The van der Waals surface area contributed by atoms with Crippen molar-refractivity contribution in [2.24, 2.45) is 0 Å². The van der Waals surface area contributed by atoms with E-state index in [-0.39, 0.29) is 0 Å². The molecule has 1 aromatic rings. The highest BCUT2D eigenvalue weighted by atomic mass is 16.5. The van der Waals surface area contributed by atoms with Crippen LogP contribution in [0.15, 0.2) is 12.4 Å². The standard InChI is InChI=1S/C13H22N4O2/c1-2-5-13(18)12-14-6-3-4-10-19-11-9-17-8-7-15-16-17/h7-8,13-14,18H,3-4,6,9-12H2,1H3. The van der Waals surface area contributed by atoms with Crippen molar-refractivity contribution in [2.45, 2.75) is 32.4 Å². The summed E-state index contributed by atoms with van der Waals surface area (Å²) in [5.74, 6) is 5.37. The Balaban J connectivity index is 1.82. The highest BCUT2D eigenvalue weighted by molar-refractivity contribution is 5.02. The average Bonchev–Trinajstić information content (AvgIpc) is 2.90. The van der Waals surface area contributed by atoms with E-state index in [9.17, 15) is 5.11 Å². The number of hydrogen-bond acceptors (Lipinski definition) is 5. The van der Waals surface area contributed by atoms with E-state index in [1.807, 2.05) is 6.20 Å². The van der Waals surface area contributed by atoms with Gasteiger partial charge in [-0.2, -0.15) is 0 Å². The molecule has 0 aliphatic carbocycles. The predicted molar refractivity (Wildman–Crippen MR) is 72.4 cm³/mol. The van der Waals surface area contributed by atoms with Gasteiger partial charge in [0, 0.05) is 19.3 Å². The quantitative estimate of drug-likeness (QED) is 0.462. The summed E-state index contributed by atoms with van der Waals surface area (Å²) in [5.41, 5.74) is 0. The van der Waals surface area contributed by atoms with Crippen molar-refractivity contribution in [3.05, 3.63) is 12.4 Å². The van der Waals surface area contributed by atoms with Crippen LogP contribution < -0.4 is 5.32 Å². The van der Waals surface area contributed by atoms with Gasteiger partial charge in [0.25, 0.3) is 0 Å². The van der Waals surface area contributed by atoms with Gasteiger partial charge in [0.2, 0.25) is 0 Å². The Bertz CT molecular complexity index is 370. The summed E-state index contributed by atoms with van der Waals surface area (Å²) in [7, 11) is 0. The van der Waals surface area contributed by atoms with Crippen LogP contribution in [0.3, 0.4) is 0 Å². The zero-order valence-corrected chi connectivity index (χ0v) is 11.4. The maximum absolute atomic E-state index is 9.34. The lowest BCUT2D eigenvalue weighted by molar-refractivity contribution is 0.119. The first kappa shape index (κ1) is 15.6. The highest BCUT2D eigenvalue weighted by Crippen LogP contribution is 1.90. The maximum atomic E-state index is 9.34. The summed E-state index contributed by atoms with van der Waals surface area (Å²) >= 11 is 0. The zero-order valence-electron chi connectivity index (χ0n) is 11.4. The molecule has 0 aromatic carbocycles. The fraction of sp³-hybridized carbons (Fsp3) is 0.692. The largest absolute Gasteiger partial charge is 0.380 e. The molecule has 1 aromatic heterocycles. The molecule has 0 spiro atoms. The predicted octanol–water partition coefficient (Wildman–Crippen LogP) is 0.0487. The second kappa shape index (κ2) is 10.5. The number of nitrogens with zero attached hydrogens (tertiary/aromatic N) is 3. The van der Waals surface area contributed by atoms with Gasteiger partial charge in [0.05, 0.1) is 19.3 Å². The molecule has 19 heavy (non-hydrogen) atoms.